The average molecular weight is 171 g/mol. The van der Waals surface area contributed by atoms with Gasteiger partial charge in [-0.15, -0.1) is 11.3 Å². The maximum Gasteiger partial charge on any atom is 0.253 e. The summed E-state index contributed by atoms with van der Waals surface area (Å²) in [5, 5.41) is 11.3. The molecular weight excluding hydrogens is 162 g/mol. The van der Waals surface area contributed by atoms with Crippen LogP contribution in [0.1, 0.15) is 0 Å². The van der Waals surface area contributed by atoms with Gasteiger partial charge < -0.3 is 10.0 Å². The average Bonchev–Trinajstić information content (AvgIpc) is 2.53. The highest BCUT2D eigenvalue weighted by Crippen LogP contribution is 2.19. The largest absolute Gasteiger partial charge is 0.387 e. The summed E-state index contributed by atoms with van der Waals surface area (Å²) < 4.78 is 0. The van der Waals surface area contributed by atoms with Crippen molar-refractivity contribution in [3.8, 4) is 0 Å². The first kappa shape index (κ1) is 8.23. The van der Waals surface area contributed by atoms with E-state index in [-0.39, 0.29) is 5.91 Å². The van der Waals surface area contributed by atoms with Crippen LogP contribution in [0.5, 0.6) is 0 Å². The Hall–Kier alpha value is -0.870. The van der Waals surface area contributed by atoms with E-state index in [2.05, 4.69) is 0 Å². The van der Waals surface area contributed by atoms with Crippen LogP contribution in [0, 0.1) is 0 Å². The van der Waals surface area contributed by atoms with Crippen LogP contribution in [0.25, 0.3) is 0 Å². The van der Waals surface area contributed by atoms with Gasteiger partial charge in [0.25, 0.3) is 5.91 Å². The zero-order valence-corrected chi connectivity index (χ0v) is 6.97. The number of carbonyl (C=O) groups is 1. The molecule has 1 aromatic rings. The number of hydrogen-bond acceptors (Lipinski definition) is 3. The third-order valence-electron chi connectivity index (χ3n) is 1.35. The number of anilines is 1. The number of aliphatic hydroxyl groups is 1. The maximum atomic E-state index is 10.9. The van der Waals surface area contributed by atoms with E-state index < -0.39 is 6.61 Å². The van der Waals surface area contributed by atoms with Crippen molar-refractivity contribution in [2.45, 2.75) is 0 Å². The summed E-state index contributed by atoms with van der Waals surface area (Å²) in [6, 6.07) is 3.69. The SMILES string of the molecule is CN(C(=O)CO)c1cccs1. The molecule has 0 spiro atoms. The normalized spacial score (nSPS) is 9.64. The second-order valence-electron chi connectivity index (χ2n) is 2.06. The second kappa shape index (κ2) is 3.50. The molecule has 1 aromatic heterocycles. The standard InChI is InChI=1S/C7H9NO2S/c1-8(6(10)5-9)7-3-2-4-11-7/h2-4,9H,5H2,1H3. The predicted molar refractivity (Wildman–Crippen MR) is 44.8 cm³/mol. The van der Waals surface area contributed by atoms with E-state index in [1.165, 1.54) is 16.2 Å². The van der Waals surface area contributed by atoms with Crippen molar-refractivity contribution < 1.29 is 9.90 Å². The summed E-state index contributed by atoms with van der Waals surface area (Å²) in [6.45, 7) is -0.436. The number of nitrogens with zero attached hydrogens (tertiary/aromatic N) is 1. The first-order chi connectivity index (χ1) is 5.25. The first-order valence-electron chi connectivity index (χ1n) is 3.16. The lowest BCUT2D eigenvalue weighted by Gasteiger charge is -2.12. The molecule has 0 aliphatic heterocycles. The number of aliphatic hydroxyl groups excluding tert-OH is 1. The van der Waals surface area contributed by atoms with Gasteiger partial charge >= 0.3 is 0 Å². The Morgan fingerprint density at radius 1 is 1.82 bits per heavy atom. The monoisotopic (exact) mass is 171 g/mol. The Morgan fingerprint density at radius 2 is 2.55 bits per heavy atom. The van der Waals surface area contributed by atoms with Gasteiger partial charge in [0.1, 0.15) is 6.61 Å². The molecule has 0 atom stereocenters. The lowest BCUT2D eigenvalue weighted by Crippen LogP contribution is -2.27. The molecule has 0 aromatic carbocycles. The van der Waals surface area contributed by atoms with Gasteiger partial charge in [0.2, 0.25) is 0 Å². The second-order valence-corrected chi connectivity index (χ2v) is 2.99. The predicted octanol–water partition coefficient (Wildman–Crippen LogP) is 0.703. The smallest absolute Gasteiger partial charge is 0.253 e. The molecule has 1 rings (SSSR count). The van der Waals surface area contributed by atoms with Crippen molar-refractivity contribution in [3.05, 3.63) is 17.5 Å². The number of amides is 1. The molecule has 1 heterocycles. The number of carbonyl (C=O) groups excluding carboxylic acids is 1. The van der Waals surface area contributed by atoms with Gasteiger partial charge in [-0.3, -0.25) is 4.79 Å². The Bertz CT molecular complexity index is 233. The van der Waals surface area contributed by atoms with Gasteiger partial charge in [-0.05, 0) is 17.5 Å². The van der Waals surface area contributed by atoms with Crippen LogP contribution in [-0.2, 0) is 4.79 Å². The molecule has 0 aliphatic rings. The third-order valence-corrected chi connectivity index (χ3v) is 2.29. The number of thiophene rings is 1. The minimum atomic E-state index is -0.436. The molecule has 11 heavy (non-hydrogen) atoms. The summed E-state index contributed by atoms with van der Waals surface area (Å²) in [5.41, 5.74) is 0. The van der Waals surface area contributed by atoms with Gasteiger partial charge in [-0.25, -0.2) is 0 Å². The van der Waals surface area contributed by atoms with Crippen LogP contribution in [0.4, 0.5) is 5.00 Å². The number of hydrogen-bond donors (Lipinski definition) is 1. The third kappa shape index (κ3) is 1.78. The van der Waals surface area contributed by atoms with E-state index >= 15 is 0 Å². The van der Waals surface area contributed by atoms with Crippen molar-refractivity contribution in [2.24, 2.45) is 0 Å². The van der Waals surface area contributed by atoms with Gasteiger partial charge in [0.05, 0.1) is 5.00 Å². The van der Waals surface area contributed by atoms with Crippen LogP contribution in [-0.4, -0.2) is 24.7 Å². The number of likely N-dealkylation sites (N-methyl/N-ethyl adjacent to an activating group) is 1. The molecule has 0 fully saturated rings. The quantitative estimate of drug-likeness (QED) is 0.711. The highest BCUT2D eigenvalue weighted by atomic mass is 32.1. The van der Waals surface area contributed by atoms with Gasteiger partial charge in [0, 0.05) is 7.05 Å². The molecule has 3 nitrogen and oxygen atoms in total. The Kier molecular flexibility index (Phi) is 2.62. The molecule has 1 amide bonds. The van der Waals surface area contributed by atoms with Crippen LogP contribution in [0.15, 0.2) is 17.5 Å². The zero-order valence-electron chi connectivity index (χ0n) is 6.15. The minimum Gasteiger partial charge on any atom is -0.387 e. The zero-order chi connectivity index (χ0) is 8.27. The molecule has 0 aliphatic carbocycles. The topological polar surface area (TPSA) is 40.5 Å². The van der Waals surface area contributed by atoms with E-state index in [1.807, 2.05) is 17.5 Å². The Balaban J connectivity index is 2.70. The molecule has 1 N–H and O–H groups in total. The van der Waals surface area contributed by atoms with Gasteiger partial charge in [0.15, 0.2) is 0 Å². The van der Waals surface area contributed by atoms with E-state index in [4.69, 9.17) is 5.11 Å². The van der Waals surface area contributed by atoms with Gasteiger partial charge in [-0.2, -0.15) is 0 Å². The molecule has 0 saturated carbocycles. The van der Waals surface area contributed by atoms with E-state index in [0.717, 1.165) is 5.00 Å². The molecule has 0 bridgehead atoms. The number of rotatable bonds is 2. The van der Waals surface area contributed by atoms with Crippen molar-refractivity contribution in [3.63, 3.8) is 0 Å². The highest BCUT2D eigenvalue weighted by Gasteiger charge is 2.08. The summed E-state index contributed by atoms with van der Waals surface area (Å²) in [6.07, 6.45) is 0. The van der Waals surface area contributed by atoms with E-state index in [1.54, 1.807) is 7.05 Å². The van der Waals surface area contributed by atoms with Crippen LogP contribution in [0.2, 0.25) is 0 Å². The fourth-order valence-electron chi connectivity index (χ4n) is 0.690. The summed E-state index contributed by atoms with van der Waals surface area (Å²) in [5.74, 6) is -0.285. The molecule has 0 radical (unpaired) electrons. The van der Waals surface area contributed by atoms with Crippen molar-refractivity contribution in [1.82, 2.24) is 0 Å². The minimum absolute atomic E-state index is 0.285. The summed E-state index contributed by atoms with van der Waals surface area (Å²) in [7, 11) is 1.64. The summed E-state index contributed by atoms with van der Waals surface area (Å²) in [4.78, 5) is 12.3. The van der Waals surface area contributed by atoms with Crippen molar-refractivity contribution in [2.75, 3.05) is 18.6 Å². The Morgan fingerprint density at radius 3 is 3.00 bits per heavy atom. The molecule has 0 unspecified atom stereocenters. The van der Waals surface area contributed by atoms with Crippen molar-refractivity contribution >= 4 is 22.2 Å². The first-order valence-corrected chi connectivity index (χ1v) is 4.04. The fraction of sp³-hybridized carbons (Fsp3) is 0.286. The molecule has 4 heteroatoms. The Labute approximate surface area is 68.9 Å². The molecule has 0 saturated heterocycles. The maximum absolute atomic E-state index is 10.9. The van der Waals surface area contributed by atoms with Crippen LogP contribution < -0.4 is 4.90 Å². The lowest BCUT2D eigenvalue weighted by molar-refractivity contribution is -0.120. The molecule has 60 valence electrons. The van der Waals surface area contributed by atoms with E-state index in [9.17, 15) is 4.79 Å². The van der Waals surface area contributed by atoms with Crippen LogP contribution in [0.3, 0.4) is 0 Å². The fourth-order valence-corrected chi connectivity index (χ4v) is 1.40. The van der Waals surface area contributed by atoms with E-state index in [0.29, 0.717) is 0 Å². The lowest BCUT2D eigenvalue weighted by atomic mass is 10.5. The van der Waals surface area contributed by atoms with Crippen LogP contribution >= 0.6 is 11.3 Å². The van der Waals surface area contributed by atoms with Crippen molar-refractivity contribution in [1.29, 1.82) is 0 Å². The highest BCUT2D eigenvalue weighted by molar-refractivity contribution is 7.14. The van der Waals surface area contributed by atoms with Gasteiger partial charge in [-0.1, -0.05) is 0 Å². The molecular formula is C7H9NO2S. The summed E-state index contributed by atoms with van der Waals surface area (Å²) >= 11 is 1.47.